The van der Waals surface area contributed by atoms with Crippen molar-refractivity contribution in [2.75, 3.05) is 18.0 Å². The summed E-state index contributed by atoms with van der Waals surface area (Å²) in [5.74, 6) is 0. The topological polar surface area (TPSA) is 36.4 Å². The van der Waals surface area contributed by atoms with Crippen molar-refractivity contribution in [1.82, 2.24) is 4.98 Å². The molecule has 0 aliphatic heterocycles. The molecule has 0 aromatic carbocycles. The Bertz CT molecular complexity index is 273. The van der Waals surface area contributed by atoms with Crippen molar-refractivity contribution in [1.29, 1.82) is 0 Å². The lowest BCUT2D eigenvalue weighted by atomic mass is 10.3. The van der Waals surface area contributed by atoms with Crippen LogP contribution in [0.5, 0.6) is 0 Å². The van der Waals surface area contributed by atoms with Crippen molar-refractivity contribution in [2.24, 2.45) is 0 Å². The third-order valence-electron chi connectivity index (χ3n) is 2.08. The molecule has 4 heteroatoms. The zero-order chi connectivity index (χ0) is 10.6. The second-order valence-corrected chi connectivity index (χ2v) is 4.15. The predicted octanol–water partition coefficient (Wildman–Crippen LogP) is 2.43. The molecule has 0 radical (unpaired) electrons. The first-order valence-corrected chi connectivity index (χ1v) is 5.95. The lowest BCUT2D eigenvalue weighted by Crippen LogP contribution is -2.23. The molecule has 1 N–H and O–H groups in total. The lowest BCUT2D eigenvalue weighted by Gasteiger charge is -2.18. The predicted molar refractivity (Wildman–Crippen MR) is 60.9 cm³/mol. The smallest absolute Gasteiger partial charge is 0.185 e. The molecule has 80 valence electrons. The summed E-state index contributed by atoms with van der Waals surface area (Å²) in [6.45, 7) is 8.03. The van der Waals surface area contributed by atoms with Gasteiger partial charge in [0, 0.05) is 18.5 Å². The molecule has 0 bridgehead atoms. The van der Waals surface area contributed by atoms with Gasteiger partial charge in [-0.25, -0.2) is 4.98 Å². The average molecular weight is 214 g/mol. The molecular formula is C10H18N2OS. The fourth-order valence-electron chi connectivity index (χ4n) is 1.27. The summed E-state index contributed by atoms with van der Waals surface area (Å²) in [4.78, 5) is 6.63. The fourth-order valence-corrected chi connectivity index (χ4v) is 2.28. The summed E-state index contributed by atoms with van der Waals surface area (Å²) in [5.41, 5.74) is 0.777. The molecule has 1 rings (SSSR count). The number of aromatic nitrogens is 1. The minimum absolute atomic E-state index is 0.458. The standard InChI is InChI=1S/C10H18N2OS/c1-4-6-12(5-2)10-11-9(7-14-10)8(3)13/h7-8,13H,4-6H2,1-3H3. The molecule has 0 spiro atoms. The number of hydrogen-bond donors (Lipinski definition) is 1. The fraction of sp³-hybridized carbons (Fsp3) is 0.700. The van der Waals surface area contributed by atoms with Gasteiger partial charge in [0.2, 0.25) is 0 Å². The van der Waals surface area contributed by atoms with Crippen molar-refractivity contribution in [3.63, 3.8) is 0 Å². The van der Waals surface area contributed by atoms with Crippen LogP contribution in [0.25, 0.3) is 0 Å². The summed E-state index contributed by atoms with van der Waals surface area (Å²) in [5, 5.41) is 12.3. The van der Waals surface area contributed by atoms with Gasteiger partial charge in [-0.15, -0.1) is 11.3 Å². The third kappa shape index (κ3) is 2.69. The van der Waals surface area contributed by atoms with E-state index in [4.69, 9.17) is 0 Å². The van der Waals surface area contributed by atoms with E-state index in [1.165, 1.54) is 0 Å². The highest BCUT2D eigenvalue weighted by Gasteiger charge is 2.10. The van der Waals surface area contributed by atoms with Crippen molar-refractivity contribution in [2.45, 2.75) is 33.3 Å². The molecule has 1 atom stereocenters. The number of rotatable bonds is 5. The van der Waals surface area contributed by atoms with E-state index in [-0.39, 0.29) is 0 Å². The lowest BCUT2D eigenvalue weighted by molar-refractivity contribution is 0.195. The number of aliphatic hydroxyl groups is 1. The molecule has 0 aliphatic rings. The van der Waals surface area contributed by atoms with E-state index in [1.807, 2.05) is 5.38 Å². The average Bonchev–Trinajstić information content (AvgIpc) is 2.63. The highest BCUT2D eigenvalue weighted by Crippen LogP contribution is 2.23. The van der Waals surface area contributed by atoms with Crippen LogP contribution < -0.4 is 4.90 Å². The van der Waals surface area contributed by atoms with Gasteiger partial charge in [0.05, 0.1) is 11.8 Å². The van der Waals surface area contributed by atoms with Gasteiger partial charge in [-0.1, -0.05) is 6.92 Å². The molecular weight excluding hydrogens is 196 g/mol. The summed E-state index contributed by atoms with van der Waals surface area (Å²) in [6, 6.07) is 0. The van der Waals surface area contributed by atoms with E-state index in [9.17, 15) is 5.11 Å². The summed E-state index contributed by atoms with van der Waals surface area (Å²) in [7, 11) is 0. The van der Waals surface area contributed by atoms with E-state index >= 15 is 0 Å². The zero-order valence-electron chi connectivity index (χ0n) is 9.03. The maximum absolute atomic E-state index is 9.35. The maximum atomic E-state index is 9.35. The first-order valence-electron chi connectivity index (χ1n) is 5.07. The summed E-state index contributed by atoms with van der Waals surface area (Å²) < 4.78 is 0. The first kappa shape index (κ1) is 11.5. The molecule has 3 nitrogen and oxygen atoms in total. The summed E-state index contributed by atoms with van der Waals surface area (Å²) in [6.07, 6.45) is 0.664. The van der Waals surface area contributed by atoms with Crippen LogP contribution in [0.4, 0.5) is 5.13 Å². The Hall–Kier alpha value is -0.610. The van der Waals surface area contributed by atoms with Gasteiger partial charge in [0.15, 0.2) is 5.13 Å². The number of anilines is 1. The van der Waals surface area contributed by atoms with Crippen LogP contribution >= 0.6 is 11.3 Å². The largest absolute Gasteiger partial charge is 0.387 e. The van der Waals surface area contributed by atoms with Crippen LogP contribution in [0.3, 0.4) is 0 Å². The number of hydrogen-bond acceptors (Lipinski definition) is 4. The first-order chi connectivity index (χ1) is 6.69. The van der Waals surface area contributed by atoms with Gasteiger partial charge in [0.25, 0.3) is 0 Å². The molecule has 0 aliphatic carbocycles. The highest BCUT2D eigenvalue weighted by atomic mass is 32.1. The summed E-state index contributed by atoms with van der Waals surface area (Å²) >= 11 is 1.61. The normalized spacial score (nSPS) is 12.9. The molecule has 0 amide bonds. The van der Waals surface area contributed by atoms with Crippen LogP contribution in [0, 0.1) is 0 Å². The van der Waals surface area contributed by atoms with Crippen LogP contribution in [0.15, 0.2) is 5.38 Å². The van der Waals surface area contributed by atoms with Gasteiger partial charge in [-0.05, 0) is 20.3 Å². The Balaban J connectivity index is 2.73. The van der Waals surface area contributed by atoms with E-state index in [0.29, 0.717) is 0 Å². The molecule has 0 fully saturated rings. The van der Waals surface area contributed by atoms with Crippen LogP contribution in [0.2, 0.25) is 0 Å². The number of aliphatic hydroxyl groups excluding tert-OH is 1. The quantitative estimate of drug-likeness (QED) is 0.818. The van der Waals surface area contributed by atoms with Crippen molar-refractivity contribution < 1.29 is 5.11 Å². The second-order valence-electron chi connectivity index (χ2n) is 3.31. The van der Waals surface area contributed by atoms with Crippen LogP contribution in [-0.4, -0.2) is 23.2 Å². The van der Waals surface area contributed by atoms with E-state index in [0.717, 1.165) is 30.3 Å². The number of nitrogens with zero attached hydrogens (tertiary/aromatic N) is 2. The molecule has 1 heterocycles. The Morgan fingerprint density at radius 2 is 2.29 bits per heavy atom. The Kier molecular flexibility index (Phi) is 4.35. The van der Waals surface area contributed by atoms with Crippen molar-refractivity contribution in [3.8, 4) is 0 Å². The SMILES string of the molecule is CCCN(CC)c1nc(C(C)O)cs1. The molecule has 1 aromatic heterocycles. The van der Waals surface area contributed by atoms with Gasteiger partial charge >= 0.3 is 0 Å². The van der Waals surface area contributed by atoms with Gasteiger partial charge in [0.1, 0.15) is 0 Å². The number of thiazole rings is 1. The minimum atomic E-state index is -0.458. The Morgan fingerprint density at radius 1 is 1.57 bits per heavy atom. The van der Waals surface area contributed by atoms with E-state index < -0.39 is 6.10 Å². The third-order valence-corrected chi connectivity index (χ3v) is 3.00. The second kappa shape index (κ2) is 5.32. The van der Waals surface area contributed by atoms with Crippen LogP contribution in [0.1, 0.15) is 39.0 Å². The molecule has 1 unspecified atom stereocenters. The monoisotopic (exact) mass is 214 g/mol. The molecule has 0 saturated heterocycles. The Morgan fingerprint density at radius 3 is 2.71 bits per heavy atom. The van der Waals surface area contributed by atoms with Crippen molar-refractivity contribution >= 4 is 16.5 Å². The van der Waals surface area contributed by atoms with Gasteiger partial charge < -0.3 is 10.0 Å². The maximum Gasteiger partial charge on any atom is 0.185 e. The highest BCUT2D eigenvalue weighted by molar-refractivity contribution is 7.13. The minimum Gasteiger partial charge on any atom is -0.387 e. The zero-order valence-corrected chi connectivity index (χ0v) is 9.84. The molecule has 0 saturated carbocycles. The van der Waals surface area contributed by atoms with E-state index in [1.54, 1.807) is 18.3 Å². The van der Waals surface area contributed by atoms with E-state index in [2.05, 4.69) is 23.7 Å². The van der Waals surface area contributed by atoms with Crippen molar-refractivity contribution in [3.05, 3.63) is 11.1 Å². The van der Waals surface area contributed by atoms with Gasteiger partial charge in [-0.2, -0.15) is 0 Å². The molecule has 14 heavy (non-hydrogen) atoms. The van der Waals surface area contributed by atoms with Crippen LogP contribution in [-0.2, 0) is 0 Å². The van der Waals surface area contributed by atoms with Gasteiger partial charge in [-0.3, -0.25) is 0 Å². The Labute approximate surface area is 89.4 Å². The molecule has 1 aromatic rings.